The maximum Gasteiger partial charge on any atom is 0.0556 e. The monoisotopic (exact) mass is 257 g/mol. The molecule has 0 spiro atoms. The SMILES string of the molecule is CC(O)C1CCN(CC2(CO)CCCOC2)CC1. The van der Waals surface area contributed by atoms with Crippen LogP contribution in [0.5, 0.6) is 0 Å². The topological polar surface area (TPSA) is 52.9 Å². The summed E-state index contributed by atoms with van der Waals surface area (Å²) in [5, 5.41) is 19.3. The molecule has 0 bridgehead atoms. The summed E-state index contributed by atoms with van der Waals surface area (Å²) in [6.45, 7) is 6.67. The van der Waals surface area contributed by atoms with Crippen LogP contribution in [0.25, 0.3) is 0 Å². The van der Waals surface area contributed by atoms with Gasteiger partial charge < -0.3 is 19.8 Å². The van der Waals surface area contributed by atoms with Crippen LogP contribution in [0.1, 0.15) is 32.6 Å². The van der Waals surface area contributed by atoms with E-state index in [-0.39, 0.29) is 18.1 Å². The number of aliphatic hydroxyl groups excluding tert-OH is 2. The zero-order valence-electron chi connectivity index (χ0n) is 11.5. The van der Waals surface area contributed by atoms with Crippen molar-refractivity contribution in [3.05, 3.63) is 0 Å². The normalized spacial score (nSPS) is 33.5. The summed E-state index contributed by atoms with van der Waals surface area (Å²) in [4.78, 5) is 2.43. The third kappa shape index (κ3) is 3.44. The predicted octanol–water partition coefficient (Wildman–Crippen LogP) is 0.868. The summed E-state index contributed by atoms with van der Waals surface area (Å²) in [6, 6.07) is 0. The lowest BCUT2D eigenvalue weighted by Crippen LogP contribution is -2.48. The van der Waals surface area contributed by atoms with E-state index in [9.17, 15) is 10.2 Å². The van der Waals surface area contributed by atoms with Gasteiger partial charge in [-0.3, -0.25) is 0 Å². The molecule has 0 radical (unpaired) electrons. The van der Waals surface area contributed by atoms with Crippen molar-refractivity contribution in [3.8, 4) is 0 Å². The van der Waals surface area contributed by atoms with Gasteiger partial charge in [0.05, 0.1) is 19.3 Å². The lowest BCUT2D eigenvalue weighted by atomic mass is 9.81. The van der Waals surface area contributed by atoms with Gasteiger partial charge in [0, 0.05) is 18.6 Å². The second kappa shape index (κ2) is 6.33. The summed E-state index contributed by atoms with van der Waals surface area (Å²) >= 11 is 0. The van der Waals surface area contributed by atoms with Gasteiger partial charge in [-0.1, -0.05) is 0 Å². The Balaban J connectivity index is 1.82. The van der Waals surface area contributed by atoms with Crippen molar-refractivity contribution >= 4 is 0 Å². The minimum atomic E-state index is -0.183. The Morgan fingerprint density at radius 2 is 2.11 bits per heavy atom. The highest BCUT2D eigenvalue weighted by molar-refractivity contribution is 4.86. The smallest absolute Gasteiger partial charge is 0.0556 e. The molecule has 4 nitrogen and oxygen atoms in total. The van der Waals surface area contributed by atoms with Crippen LogP contribution >= 0.6 is 0 Å². The van der Waals surface area contributed by atoms with E-state index in [1.165, 1.54) is 0 Å². The molecule has 2 unspecified atom stereocenters. The van der Waals surface area contributed by atoms with Crippen LogP contribution in [0, 0.1) is 11.3 Å². The van der Waals surface area contributed by atoms with E-state index < -0.39 is 0 Å². The molecule has 4 heteroatoms. The average molecular weight is 257 g/mol. The highest BCUT2D eigenvalue weighted by Gasteiger charge is 2.35. The molecule has 0 aromatic rings. The Morgan fingerprint density at radius 3 is 2.61 bits per heavy atom. The lowest BCUT2D eigenvalue weighted by Gasteiger charge is -2.42. The van der Waals surface area contributed by atoms with Gasteiger partial charge in [0.2, 0.25) is 0 Å². The van der Waals surface area contributed by atoms with Gasteiger partial charge in [-0.15, -0.1) is 0 Å². The van der Waals surface area contributed by atoms with E-state index in [2.05, 4.69) is 4.90 Å². The molecule has 0 saturated carbocycles. The number of hydrogen-bond donors (Lipinski definition) is 2. The molecule has 2 aliphatic heterocycles. The molecule has 0 aliphatic carbocycles. The van der Waals surface area contributed by atoms with Crippen LogP contribution in [-0.2, 0) is 4.74 Å². The zero-order chi connectivity index (χ0) is 13.0. The molecule has 2 saturated heterocycles. The Bertz CT molecular complexity index is 243. The molecule has 2 fully saturated rings. The maximum absolute atomic E-state index is 9.67. The van der Waals surface area contributed by atoms with Gasteiger partial charge in [0.1, 0.15) is 0 Å². The molecule has 2 N–H and O–H groups in total. The van der Waals surface area contributed by atoms with Crippen molar-refractivity contribution in [2.45, 2.75) is 38.7 Å². The maximum atomic E-state index is 9.67. The van der Waals surface area contributed by atoms with Crippen LogP contribution in [0.15, 0.2) is 0 Å². The van der Waals surface area contributed by atoms with Crippen LogP contribution in [0.4, 0.5) is 0 Å². The zero-order valence-corrected chi connectivity index (χ0v) is 11.5. The third-order valence-corrected chi connectivity index (χ3v) is 4.61. The summed E-state index contributed by atoms with van der Waals surface area (Å²) < 4.78 is 5.55. The van der Waals surface area contributed by atoms with E-state index >= 15 is 0 Å². The number of nitrogens with zero attached hydrogens (tertiary/aromatic N) is 1. The summed E-state index contributed by atoms with van der Waals surface area (Å²) in [7, 11) is 0. The first-order valence-electron chi connectivity index (χ1n) is 7.24. The molecular weight excluding hydrogens is 230 g/mol. The Hall–Kier alpha value is -0.160. The average Bonchev–Trinajstić information content (AvgIpc) is 2.40. The number of ether oxygens (including phenoxy) is 1. The van der Waals surface area contributed by atoms with Crippen LogP contribution < -0.4 is 0 Å². The number of rotatable bonds is 4. The van der Waals surface area contributed by atoms with Gasteiger partial charge in [-0.2, -0.15) is 0 Å². The minimum absolute atomic E-state index is 0.0457. The Labute approximate surface area is 110 Å². The number of piperidine rings is 1. The fourth-order valence-electron chi connectivity index (χ4n) is 3.28. The second-order valence-electron chi connectivity index (χ2n) is 6.17. The first-order chi connectivity index (χ1) is 8.65. The molecule has 0 amide bonds. The van der Waals surface area contributed by atoms with Gasteiger partial charge in [0.15, 0.2) is 0 Å². The number of hydrogen-bond acceptors (Lipinski definition) is 4. The molecule has 2 heterocycles. The molecule has 106 valence electrons. The van der Waals surface area contributed by atoms with E-state index in [0.717, 1.165) is 51.9 Å². The van der Waals surface area contributed by atoms with E-state index in [4.69, 9.17) is 4.74 Å². The van der Waals surface area contributed by atoms with Crippen molar-refractivity contribution < 1.29 is 14.9 Å². The number of aliphatic hydroxyl groups is 2. The van der Waals surface area contributed by atoms with Crippen molar-refractivity contribution in [2.75, 3.05) is 39.5 Å². The highest BCUT2D eigenvalue weighted by Crippen LogP contribution is 2.31. The van der Waals surface area contributed by atoms with Crippen molar-refractivity contribution in [2.24, 2.45) is 11.3 Å². The van der Waals surface area contributed by atoms with Gasteiger partial charge in [-0.05, 0) is 51.6 Å². The summed E-state index contributed by atoms with van der Waals surface area (Å²) in [5.41, 5.74) is -0.0457. The molecule has 0 aromatic heterocycles. The molecule has 2 rings (SSSR count). The standard InChI is InChI=1S/C14H27NO3/c1-12(17)13-3-6-15(7-4-13)9-14(10-16)5-2-8-18-11-14/h12-13,16-17H,2-11H2,1H3. The fourth-order valence-corrected chi connectivity index (χ4v) is 3.28. The van der Waals surface area contributed by atoms with E-state index in [1.54, 1.807) is 0 Å². The predicted molar refractivity (Wildman–Crippen MR) is 70.4 cm³/mol. The second-order valence-corrected chi connectivity index (χ2v) is 6.17. The molecule has 2 atom stereocenters. The van der Waals surface area contributed by atoms with Crippen LogP contribution in [-0.4, -0.2) is 60.7 Å². The fraction of sp³-hybridized carbons (Fsp3) is 1.00. The summed E-state index contributed by atoms with van der Waals surface area (Å²) in [5.74, 6) is 0.453. The van der Waals surface area contributed by atoms with Crippen LogP contribution in [0.3, 0.4) is 0 Å². The van der Waals surface area contributed by atoms with Crippen molar-refractivity contribution in [3.63, 3.8) is 0 Å². The van der Waals surface area contributed by atoms with Gasteiger partial charge in [-0.25, -0.2) is 0 Å². The van der Waals surface area contributed by atoms with E-state index in [0.29, 0.717) is 12.5 Å². The number of likely N-dealkylation sites (tertiary alicyclic amines) is 1. The highest BCUT2D eigenvalue weighted by atomic mass is 16.5. The van der Waals surface area contributed by atoms with Gasteiger partial charge >= 0.3 is 0 Å². The molecular formula is C14H27NO3. The third-order valence-electron chi connectivity index (χ3n) is 4.61. The van der Waals surface area contributed by atoms with Crippen molar-refractivity contribution in [1.82, 2.24) is 4.90 Å². The largest absolute Gasteiger partial charge is 0.396 e. The first-order valence-corrected chi connectivity index (χ1v) is 7.24. The van der Waals surface area contributed by atoms with Crippen LogP contribution in [0.2, 0.25) is 0 Å². The lowest BCUT2D eigenvalue weighted by molar-refractivity contribution is -0.0612. The van der Waals surface area contributed by atoms with Gasteiger partial charge in [0.25, 0.3) is 0 Å². The molecule has 2 aliphatic rings. The molecule has 18 heavy (non-hydrogen) atoms. The minimum Gasteiger partial charge on any atom is -0.396 e. The first kappa shape index (κ1) is 14.3. The summed E-state index contributed by atoms with van der Waals surface area (Å²) in [6.07, 6.45) is 4.09. The molecule has 0 aromatic carbocycles. The van der Waals surface area contributed by atoms with Crippen molar-refractivity contribution in [1.29, 1.82) is 0 Å². The Morgan fingerprint density at radius 1 is 1.39 bits per heavy atom. The Kier molecular flexibility index (Phi) is 5.01. The van der Waals surface area contributed by atoms with E-state index in [1.807, 2.05) is 6.92 Å². The quantitative estimate of drug-likeness (QED) is 0.784.